The molecule has 4 heteroatoms. The molecule has 2 atom stereocenters. The Morgan fingerprint density at radius 2 is 2.40 bits per heavy atom. The van der Waals surface area contributed by atoms with Crippen molar-refractivity contribution in [3.8, 4) is 0 Å². The Hall–Kier alpha value is 0.320. The van der Waals surface area contributed by atoms with Crippen LogP contribution in [-0.2, 0) is 4.79 Å². The van der Waals surface area contributed by atoms with Crippen LogP contribution in [0.25, 0.3) is 0 Å². The van der Waals surface area contributed by atoms with Crippen LogP contribution in [0.2, 0.25) is 0 Å². The third-order valence-electron chi connectivity index (χ3n) is 1.84. The van der Waals surface area contributed by atoms with E-state index in [0.29, 0.717) is 0 Å². The molecule has 3 nitrogen and oxygen atoms in total. The molecule has 1 aliphatic heterocycles. The van der Waals surface area contributed by atoms with E-state index in [0.717, 1.165) is 13.0 Å². The van der Waals surface area contributed by atoms with Crippen molar-refractivity contribution in [3.63, 3.8) is 0 Å². The lowest BCUT2D eigenvalue weighted by molar-refractivity contribution is -0.112. The summed E-state index contributed by atoms with van der Waals surface area (Å²) in [5.74, 6) is 0. The fraction of sp³-hybridized carbons (Fsp3) is 0.833. The number of hydrogen-bond donors (Lipinski definition) is 1. The molecule has 58 valence electrons. The Morgan fingerprint density at radius 3 is 2.60 bits per heavy atom. The van der Waals surface area contributed by atoms with Crippen molar-refractivity contribution < 1.29 is 4.79 Å². The highest BCUT2D eigenvalue weighted by molar-refractivity contribution is 14.1. The molecule has 1 rings (SSSR count). The third kappa shape index (κ3) is 1.67. The van der Waals surface area contributed by atoms with Crippen LogP contribution in [0.4, 0.5) is 0 Å². The minimum absolute atomic E-state index is 0.0654. The van der Waals surface area contributed by atoms with Crippen molar-refractivity contribution in [1.29, 1.82) is 0 Å². The lowest BCUT2D eigenvalue weighted by Gasteiger charge is -2.13. The first kappa shape index (κ1) is 8.42. The first-order valence-corrected chi connectivity index (χ1v) is 4.34. The number of carbonyl (C=O) groups excluding carboxylic acids is 1. The molecular formula is C6H11IN2O. The highest BCUT2D eigenvalue weighted by Crippen LogP contribution is 2.16. The molecule has 0 spiro atoms. The lowest BCUT2D eigenvalue weighted by Crippen LogP contribution is -2.29. The van der Waals surface area contributed by atoms with Crippen LogP contribution in [0.5, 0.6) is 0 Å². The number of halogens is 1. The van der Waals surface area contributed by atoms with E-state index in [1.807, 2.05) is 34.5 Å². The average Bonchev–Trinajstić information content (AvgIpc) is 2.10. The van der Waals surface area contributed by atoms with E-state index in [2.05, 4.69) is 0 Å². The monoisotopic (exact) mass is 254 g/mol. The highest BCUT2D eigenvalue weighted by Gasteiger charge is 2.30. The fourth-order valence-electron chi connectivity index (χ4n) is 1.30. The molecule has 0 aromatic heterocycles. The van der Waals surface area contributed by atoms with Crippen LogP contribution in [0, 0.1) is 0 Å². The maximum Gasteiger partial charge on any atom is 0.209 e. The van der Waals surface area contributed by atoms with E-state index >= 15 is 0 Å². The van der Waals surface area contributed by atoms with Gasteiger partial charge in [-0.3, -0.25) is 9.69 Å². The fourth-order valence-corrected chi connectivity index (χ4v) is 2.03. The van der Waals surface area contributed by atoms with Gasteiger partial charge in [0.15, 0.2) is 0 Å². The Morgan fingerprint density at radius 1 is 1.80 bits per heavy atom. The Kier molecular flexibility index (Phi) is 2.65. The first-order chi connectivity index (χ1) is 4.61. The number of likely N-dealkylation sites (N-methyl/N-ethyl adjacent to an activating group) is 1. The van der Waals surface area contributed by atoms with E-state index in [4.69, 9.17) is 5.73 Å². The number of nitrogens with zero attached hydrogens (tertiary/aromatic N) is 1. The van der Waals surface area contributed by atoms with Crippen molar-refractivity contribution in [1.82, 2.24) is 4.90 Å². The van der Waals surface area contributed by atoms with Gasteiger partial charge in [0.25, 0.3) is 0 Å². The lowest BCUT2D eigenvalue weighted by atomic mass is 10.2. The molecule has 0 aromatic rings. The van der Waals surface area contributed by atoms with Gasteiger partial charge in [0, 0.05) is 35.2 Å². The maximum atomic E-state index is 10.9. The van der Waals surface area contributed by atoms with Gasteiger partial charge in [-0.1, -0.05) is 0 Å². The van der Waals surface area contributed by atoms with Crippen molar-refractivity contribution in [2.75, 3.05) is 13.6 Å². The summed E-state index contributed by atoms with van der Waals surface area (Å²) in [7, 11) is 1.94. The van der Waals surface area contributed by atoms with E-state index in [1.54, 1.807) is 0 Å². The number of rotatable bonds is 1. The average molecular weight is 254 g/mol. The molecule has 0 radical (unpaired) electrons. The normalized spacial score (nSPS) is 34.7. The summed E-state index contributed by atoms with van der Waals surface area (Å²) in [6.45, 7) is 0.847. The Bertz CT molecular complexity index is 151. The Balaban J connectivity index is 2.54. The topological polar surface area (TPSA) is 46.3 Å². The summed E-state index contributed by atoms with van der Waals surface area (Å²) < 4.78 is 0.202. The van der Waals surface area contributed by atoms with Crippen molar-refractivity contribution >= 4 is 26.4 Å². The van der Waals surface area contributed by atoms with E-state index in [1.165, 1.54) is 0 Å². The summed E-state index contributed by atoms with van der Waals surface area (Å²) >= 11 is 1.83. The maximum absolute atomic E-state index is 10.9. The zero-order chi connectivity index (χ0) is 7.72. The predicted molar refractivity (Wildman–Crippen MR) is 48.0 cm³/mol. The van der Waals surface area contributed by atoms with Gasteiger partial charge in [0.2, 0.25) is 3.79 Å². The Labute approximate surface area is 74.1 Å². The molecule has 1 fully saturated rings. The standard InChI is InChI=1S/C6H11IN2O/c1-9-3-4(8)2-5(9)6(7)10/h4-5H,2-3,8H2,1H3/t4-,5-/m0/s1. The zero-order valence-corrected chi connectivity index (χ0v) is 8.04. The summed E-state index contributed by atoms with van der Waals surface area (Å²) in [5.41, 5.74) is 5.66. The molecule has 0 bridgehead atoms. The van der Waals surface area contributed by atoms with Crippen LogP contribution in [0.3, 0.4) is 0 Å². The predicted octanol–water partition coefficient (Wildman–Crippen LogP) is -0.0206. The second-order valence-corrected chi connectivity index (χ2v) is 3.82. The van der Waals surface area contributed by atoms with Gasteiger partial charge in [-0.15, -0.1) is 0 Å². The SMILES string of the molecule is CN1C[C@@H](N)C[C@H]1C(=O)I. The molecule has 1 heterocycles. The third-order valence-corrected chi connectivity index (χ3v) is 2.56. The second-order valence-electron chi connectivity index (χ2n) is 2.76. The molecule has 1 saturated heterocycles. The van der Waals surface area contributed by atoms with Gasteiger partial charge >= 0.3 is 0 Å². The molecular weight excluding hydrogens is 243 g/mol. The minimum atomic E-state index is 0.0654. The molecule has 0 unspecified atom stereocenters. The first-order valence-electron chi connectivity index (χ1n) is 3.26. The second kappa shape index (κ2) is 3.15. The quantitative estimate of drug-likeness (QED) is 0.528. The zero-order valence-electron chi connectivity index (χ0n) is 5.88. The number of likely N-dealkylation sites (tertiary alicyclic amines) is 1. The van der Waals surface area contributed by atoms with Crippen LogP contribution < -0.4 is 5.73 Å². The van der Waals surface area contributed by atoms with Gasteiger partial charge in [0.05, 0.1) is 6.04 Å². The van der Waals surface area contributed by atoms with Gasteiger partial charge in [-0.05, 0) is 13.5 Å². The van der Waals surface area contributed by atoms with Crippen molar-refractivity contribution in [2.24, 2.45) is 5.73 Å². The summed E-state index contributed by atoms with van der Waals surface area (Å²) in [4.78, 5) is 12.9. The molecule has 2 N–H and O–H groups in total. The van der Waals surface area contributed by atoms with E-state index < -0.39 is 0 Å². The molecule has 0 aromatic carbocycles. The molecule has 0 saturated carbocycles. The van der Waals surface area contributed by atoms with Crippen LogP contribution >= 0.6 is 22.6 Å². The smallest absolute Gasteiger partial charge is 0.209 e. The molecule has 10 heavy (non-hydrogen) atoms. The van der Waals surface area contributed by atoms with Crippen LogP contribution in [-0.4, -0.2) is 34.4 Å². The van der Waals surface area contributed by atoms with E-state index in [-0.39, 0.29) is 15.9 Å². The van der Waals surface area contributed by atoms with Crippen LogP contribution in [0.15, 0.2) is 0 Å². The molecule has 0 aliphatic carbocycles. The summed E-state index contributed by atoms with van der Waals surface area (Å²) in [6.07, 6.45) is 0.818. The van der Waals surface area contributed by atoms with Crippen molar-refractivity contribution in [3.05, 3.63) is 0 Å². The molecule has 0 amide bonds. The summed E-state index contributed by atoms with van der Waals surface area (Å²) in [5, 5.41) is 0. The van der Waals surface area contributed by atoms with Crippen molar-refractivity contribution in [2.45, 2.75) is 18.5 Å². The van der Waals surface area contributed by atoms with Gasteiger partial charge in [-0.2, -0.15) is 0 Å². The summed E-state index contributed by atoms with van der Waals surface area (Å²) in [6, 6.07) is 0.254. The van der Waals surface area contributed by atoms with Crippen LogP contribution in [0.1, 0.15) is 6.42 Å². The number of carbonyl (C=O) groups is 1. The van der Waals surface area contributed by atoms with E-state index in [9.17, 15) is 4.79 Å². The minimum Gasteiger partial charge on any atom is -0.326 e. The van der Waals surface area contributed by atoms with Gasteiger partial charge in [0.1, 0.15) is 0 Å². The molecule has 1 aliphatic rings. The highest BCUT2D eigenvalue weighted by atomic mass is 127. The number of nitrogens with two attached hydrogens (primary N) is 1. The number of hydrogen-bond acceptors (Lipinski definition) is 3. The van der Waals surface area contributed by atoms with Gasteiger partial charge in [-0.25, -0.2) is 0 Å². The largest absolute Gasteiger partial charge is 0.326 e. The van der Waals surface area contributed by atoms with Gasteiger partial charge < -0.3 is 5.73 Å².